The zero-order valence-corrected chi connectivity index (χ0v) is 24.6. The topological polar surface area (TPSA) is 42.0 Å². The van der Waals surface area contributed by atoms with Gasteiger partial charge in [0.15, 0.2) is 0 Å². The van der Waals surface area contributed by atoms with Crippen molar-refractivity contribution in [1.29, 1.82) is 0 Å². The Bertz CT molecular complexity index is 1430. The van der Waals surface area contributed by atoms with Crippen LogP contribution in [0.4, 0.5) is 48.7 Å². The van der Waals surface area contributed by atoms with Crippen LogP contribution in [0.5, 0.6) is 5.75 Å². The number of amides is 1. The summed E-state index contributed by atoms with van der Waals surface area (Å²) < 4.78 is 146. The summed E-state index contributed by atoms with van der Waals surface area (Å²) in [6.07, 6.45) is -17.4. The minimum absolute atomic E-state index is 0.0387. The first-order chi connectivity index (χ1) is 20.7. The fourth-order valence-electron chi connectivity index (χ4n) is 5.68. The normalized spacial score (nSPS) is 20.3. The number of hydrogen-bond donors (Lipinski definition) is 0. The van der Waals surface area contributed by atoms with Gasteiger partial charge in [-0.1, -0.05) is 13.8 Å². The number of carbonyl (C=O) groups is 1. The van der Waals surface area contributed by atoms with Gasteiger partial charge in [-0.05, 0) is 65.8 Å². The quantitative estimate of drug-likeness (QED) is 0.280. The number of cyclic esters (lactones) is 1. The molecule has 0 bridgehead atoms. The Morgan fingerprint density at radius 1 is 0.956 bits per heavy atom. The summed E-state index contributed by atoms with van der Waals surface area (Å²) in [6, 6.07) is 2.48. The Labute approximate surface area is 252 Å². The smallest absolute Gasteiger partial charge is 0.416 e. The molecule has 1 amide bonds. The van der Waals surface area contributed by atoms with Crippen molar-refractivity contribution >= 4 is 11.7 Å². The van der Waals surface area contributed by atoms with E-state index >= 15 is 0 Å². The zero-order valence-electron chi connectivity index (χ0n) is 24.6. The van der Waals surface area contributed by atoms with Crippen LogP contribution in [0.25, 0.3) is 5.57 Å². The van der Waals surface area contributed by atoms with Gasteiger partial charge in [0.2, 0.25) is 0 Å². The summed E-state index contributed by atoms with van der Waals surface area (Å²) in [7, 11) is 1.29. The van der Waals surface area contributed by atoms with Crippen LogP contribution in [-0.2, 0) is 17.1 Å². The third-order valence-electron chi connectivity index (χ3n) is 7.88. The first kappa shape index (κ1) is 34.4. The summed E-state index contributed by atoms with van der Waals surface area (Å²) in [5.41, 5.74) is -2.22. The van der Waals surface area contributed by atoms with Gasteiger partial charge in [-0.15, -0.1) is 0 Å². The molecule has 0 aromatic heterocycles. The van der Waals surface area contributed by atoms with E-state index in [2.05, 4.69) is 0 Å². The van der Waals surface area contributed by atoms with E-state index in [1.54, 1.807) is 13.8 Å². The maximum absolute atomic E-state index is 14.8. The Hall–Kier alpha value is -3.49. The number of benzene rings is 2. The van der Waals surface area contributed by atoms with Gasteiger partial charge in [-0.2, -0.15) is 39.5 Å². The summed E-state index contributed by atoms with van der Waals surface area (Å²) in [6.45, 7) is 2.90. The molecule has 248 valence electrons. The molecular formula is C30H30F10N2O3. The molecule has 0 spiro atoms. The molecule has 5 nitrogen and oxygen atoms in total. The van der Waals surface area contributed by atoms with E-state index < -0.39 is 65.8 Å². The van der Waals surface area contributed by atoms with Crippen molar-refractivity contribution in [3.63, 3.8) is 0 Å². The standard InChI is InChI=1S/C30H30F10N2O3/c1-15(2)22-10-23(25(44-4)11-24(22)31)21-5-6-41(14-28(32,33)34)12-18(21)13-42-16(3)26(45-27(42)43)17-7-19(29(35,36)37)9-20(8-17)30(38,39)40/h7-11,15-16,26H,5-6,12-14H2,1-4H3/t16-,26-/m0/s1. The second-order valence-corrected chi connectivity index (χ2v) is 11.4. The number of alkyl halides is 9. The van der Waals surface area contributed by atoms with Gasteiger partial charge in [0.25, 0.3) is 0 Å². The highest BCUT2D eigenvalue weighted by Gasteiger charge is 2.44. The van der Waals surface area contributed by atoms with E-state index in [1.807, 2.05) is 0 Å². The molecule has 0 radical (unpaired) electrons. The van der Waals surface area contributed by atoms with Crippen molar-refractivity contribution in [3.05, 3.63) is 69.5 Å². The van der Waals surface area contributed by atoms with E-state index in [4.69, 9.17) is 9.47 Å². The zero-order chi connectivity index (χ0) is 33.6. The Kier molecular flexibility index (Phi) is 9.45. The van der Waals surface area contributed by atoms with E-state index in [9.17, 15) is 48.7 Å². The number of methoxy groups -OCH3 is 1. The van der Waals surface area contributed by atoms with Crippen molar-refractivity contribution in [3.8, 4) is 5.75 Å². The van der Waals surface area contributed by atoms with Crippen LogP contribution >= 0.6 is 0 Å². The van der Waals surface area contributed by atoms with Crippen LogP contribution in [0.2, 0.25) is 0 Å². The maximum atomic E-state index is 14.8. The molecule has 15 heteroatoms. The minimum Gasteiger partial charge on any atom is -0.496 e. The summed E-state index contributed by atoms with van der Waals surface area (Å²) in [5.74, 6) is -0.721. The molecule has 2 atom stereocenters. The summed E-state index contributed by atoms with van der Waals surface area (Å²) in [5, 5.41) is 0. The van der Waals surface area contributed by atoms with E-state index in [0.29, 0.717) is 34.4 Å². The van der Waals surface area contributed by atoms with Crippen molar-refractivity contribution in [1.82, 2.24) is 9.80 Å². The van der Waals surface area contributed by atoms with E-state index in [-0.39, 0.29) is 43.8 Å². The summed E-state index contributed by atoms with van der Waals surface area (Å²) >= 11 is 0. The lowest BCUT2D eigenvalue weighted by Crippen LogP contribution is -2.42. The first-order valence-corrected chi connectivity index (χ1v) is 13.8. The molecule has 2 aliphatic rings. The molecule has 2 heterocycles. The number of carbonyl (C=O) groups excluding carboxylic acids is 1. The second kappa shape index (κ2) is 12.4. The highest BCUT2D eigenvalue weighted by Crippen LogP contribution is 2.42. The Balaban J connectivity index is 1.77. The van der Waals surface area contributed by atoms with Gasteiger partial charge in [0, 0.05) is 31.3 Å². The lowest BCUT2D eigenvalue weighted by atomic mass is 9.89. The van der Waals surface area contributed by atoms with Crippen LogP contribution < -0.4 is 4.74 Å². The molecule has 2 aliphatic heterocycles. The molecule has 0 aliphatic carbocycles. The Morgan fingerprint density at radius 3 is 2.07 bits per heavy atom. The third-order valence-corrected chi connectivity index (χ3v) is 7.88. The van der Waals surface area contributed by atoms with Crippen molar-refractivity contribution in [2.75, 3.05) is 33.3 Å². The van der Waals surface area contributed by atoms with Gasteiger partial charge >= 0.3 is 24.6 Å². The molecule has 0 saturated carbocycles. The van der Waals surface area contributed by atoms with Crippen molar-refractivity contribution in [2.45, 2.75) is 63.8 Å². The molecule has 4 rings (SSSR count). The number of ether oxygens (including phenoxy) is 2. The molecule has 1 fully saturated rings. The predicted molar refractivity (Wildman–Crippen MR) is 143 cm³/mol. The molecule has 0 unspecified atom stereocenters. The molecule has 0 N–H and O–H groups in total. The number of nitrogens with zero attached hydrogens (tertiary/aromatic N) is 2. The average molecular weight is 657 g/mol. The molecule has 2 aromatic carbocycles. The van der Waals surface area contributed by atoms with E-state index in [1.165, 1.54) is 20.1 Å². The summed E-state index contributed by atoms with van der Waals surface area (Å²) in [4.78, 5) is 15.2. The lowest BCUT2D eigenvalue weighted by molar-refractivity contribution is -0.145. The second-order valence-electron chi connectivity index (χ2n) is 11.4. The number of rotatable bonds is 7. The third kappa shape index (κ3) is 7.67. The Morgan fingerprint density at radius 2 is 1.56 bits per heavy atom. The van der Waals surface area contributed by atoms with Crippen LogP contribution in [0.15, 0.2) is 35.9 Å². The number of halogens is 10. The first-order valence-electron chi connectivity index (χ1n) is 13.8. The van der Waals surface area contributed by atoms with Crippen LogP contribution in [-0.4, -0.2) is 61.4 Å². The van der Waals surface area contributed by atoms with Gasteiger partial charge in [-0.3, -0.25) is 9.80 Å². The fourth-order valence-corrected chi connectivity index (χ4v) is 5.68. The minimum atomic E-state index is -5.13. The lowest BCUT2D eigenvalue weighted by Gasteiger charge is -2.34. The molecule has 2 aromatic rings. The van der Waals surface area contributed by atoms with Gasteiger partial charge in [-0.25, -0.2) is 9.18 Å². The van der Waals surface area contributed by atoms with Crippen LogP contribution in [0.1, 0.15) is 67.0 Å². The largest absolute Gasteiger partial charge is 0.496 e. The predicted octanol–water partition coefficient (Wildman–Crippen LogP) is 8.60. The monoisotopic (exact) mass is 656 g/mol. The highest BCUT2D eigenvalue weighted by atomic mass is 19.4. The molecular weight excluding hydrogens is 626 g/mol. The van der Waals surface area contributed by atoms with Crippen LogP contribution in [0, 0.1) is 5.82 Å². The van der Waals surface area contributed by atoms with Crippen LogP contribution in [0.3, 0.4) is 0 Å². The SMILES string of the molecule is COc1cc(F)c(C(C)C)cc1C1=C(CN2C(=O)O[C@H](c3cc(C(F)(F)F)cc(C(F)(F)F)c3)[C@@H]2C)CN(CC(F)(F)F)CC1. The van der Waals surface area contributed by atoms with Gasteiger partial charge < -0.3 is 9.47 Å². The molecule has 45 heavy (non-hydrogen) atoms. The van der Waals surface area contributed by atoms with Crippen molar-refractivity contribution < 1.29 is 58.2 Å². The van der Waals surface area contributed by atoms with Gasteiger partial charge in [0.1, 0.15) is 17.7 Å². The highest BCUT2D eigenvalue weighted by molar-refractivity contribution is 5.77. The molecule has 1 saturated heterocycles. The number of hydrogen-bond acceptors (Lipinski definition) is 4. The van der Waals surface area contributed by atoms with E-state index in [0.717, 1.165) is 15.9 Å². The van der Waals surface area contributed by atoms with Gasteiger partial charge in [0.05, 0.1) is 30.8 Å². The maximum Gasteiger partial charge on any atom is 0.416 e. The van der Waals surface area contributed by atoms with Crippen molar-refractivity contribution in [2.24, 2.45) is 0 Å². The fraction of sp³-hybridized carbons (Fsp3) is 0.500. The average Bonchev–Trinajstić information content (AvgIpc) is 3.19.